The van der Waals surface area contributed by atoms with E-state index in [1.807, 2.05) is 25.1 Å². The van der Waals surface area contributed by atoms with E-state index in [1.54, 1.807) is 12.4 Å². The molecule has 2 aromatic heterocycles. The Labute approximate surface area is 151 Å². The number of carbonyl (C=O) groups excluding carboxylic acids is 1. The maximum atomic E-state index is 12.3. The lowest BCUT2D eigenvalue weighted by molar-refractivity contribution is 0.0955. The normalized spacial score (nSPS) is 15.8. The van der Waals surface area contributed by atoms with Crippen molar-refractivity contribution in [3.05, 3.63) is 47.3 Å². The van der Waals surface area contributed by atoms with Crippen LogP contribution in [0.15, 0.2) is 30.6 Å². The second-order valence-electron chi connectivity index (χ2n) is 6.47. The van der Waals surface area contributed by atoms with Crippen LogP contribution >= 0.6 is 0 Å². The number of hydrogen-bond acceptors (Lipinski definition) is 5. The maximum absolute atomic E-state index is 12.3. The summed E-state index contributed by atoms with van der Waals surface area (Å²) < 4.78 is 5.87. The summed E-state index contributed by atoms with van der Waals surface area (Å²) in [5.74, 6) is 0.837. The molecule has 1 aliphatic rings. The van der Waals surface area contributed by atoms with Crippen molar-refractivity contribution in [2.45, 2.75) is 32.2 Å². The molecule has 7 heteroatoms. The lowest BCUT2D eigenvalue weighted by atomic mass is 10.1. The van der Waals surface area contributed by atoms with E-state index in [1.165, 1.54) is 5.56 Å². The Balaban J connectivity index is 1.61. The molecule has 4 rings (SSSR count). The first-order valence-corrected chi connectivity index (χ1v) is 8.84. The van der Waals surface area contributed by atoms with Crippen LogP contribution in [-0.4, -0.2) is 27.4 Å². The van der Waals surface area contributed by atoms with Crippen molar-refractivity contribution in [2.75, 3.05) is 6.54 Å². The first-order valence-electron chi connectivity index (χ1n) is 8.84. The molecule has 0 aliphatic heterocycles. The number of H-pyrrole nitrogens is 1. The molecule has 1 aliphatic carbocycles. The minimum absolute atomic E-state index is 0.0562. The van der Waals surface area contributed by atoms with Crippen molar-refractivity contribution in [3.8, 4) is 11.6 Å². The standard InChI is InChI=1S/C19H21N5O2/c1-2-7-21-19(25)14-9-22-18-17(14)24-16(10-23-18)26-12-5-3-11-4-6-15(20)13(11)8-12/h3,5,8-10,15H,2,4,6-7,20H2,1H3,(H,21,25)(H,22,23)/t15-/m1/s1. The summed E-state index contributed by atoms with van der Waals surface area (Å²) in [6.45, 7) is 2.62. The van der Waals surface area contributed by atoms with Gasteiger partial charge in [0.15, 0.2) is 5.65 Å². The highest BCUT2D eigenvalue weighted by atomic mass is 16.5. The van der Waals surface area contributed by atoms with Crippen LogP contribution in [-0.2, 0) is 6.42 Å². The SMILES string of the molecule is CCCNC(=O)c1c[nH]c2ncc(Oc3ccc4c(c3)[C@H](N)CC4)nc12. The van der Waals surface area contributed by atoms with Crippen LogP contribution in [0.3, 0.4) is 0 Å². The third-order valence-corrected chi connectivity index (χ3v) is 4.60. The van der Waals surface area contributed by atoms with Gasteiger partial charge in [-0.15, -0.1) is 0 Å². The van der Waals surface area contributed by atoms with E-state index in [4.69, 9.17) is 10.5 Å². The van der Waals surface area contributed by atoms with Crippen LogP contribution in [0.1, 0.15) is 47.3 Å². The Morgan fingerprint density at radius 2 is 2.35 bits per heavy atom. The highest BCUT2D eigenvalue weighted by Crippen LogP contribution is 2.33. The average Bonchev–Trinajstić information content (AvgIpc) is 3.23. The van der Waals surface area contributed by atoms with Crippen molar-refractivity contribution in [1.82, 2.24) is 20.3 Å². The van der Waals surface area contributed by atoms with Crippen molar-refractivity contribution in [1.29, 1.82) is 0 Å². The quantitative estimate of drug-likeness (QED) is 0.655. The van der Waals surface area contributed by atoms with Crippen molar-refractivity contribution < 1.29 is 9.53 Å². The molecule has 0 saturated carbocycles. The molecule has 0 spiro atoms. The molecule has 26 heavy (non-hydrogen) atoms. The van der Waals surface area contributed by atoms with Gasteiger partial charge in [0.05, 0.1) is 11.8 Å². The van der Waals surface area contributed by atoms with E-state index in [2.05, 4.69) is 20.3 Å². The van der Waals surface area contributed by atoms with Crippen LogP contribution in [0.25, 0.3) is 11.2 Å². The molecule has 1 atom stereocenters. The summed E-state index contributed by atoms with van der Waals surface area (Å²) in [5.41, 5.74) is 10.0. The van der Waals surface area contributed by atoms with Gasteiger partial charge in [0, 0.05) is 18.8 Å². The fraction of sp³-hybridized carbons (Fsp3) is 0.316. The number of nitrogens with zero attached hydrogens (tertiary/aromatic N) is 2. The van der Waals surface area contributed by atoms with Gasteiger partial charge >= 0.3 is 0 Å². The van der Waals surface area contributed by atoms with Gasteiger partial charge in [-0.05, 0) is 42.5 Å². The highest BCUT2D eigenvalue weighted by Gasteiger charge is 2.20. The number of fused-ring (bicyclic) bond motifs is 2. The second kappa shape index (κ2) is 6.76. The molecule has 0 unspecified atom stereocenters. The predicted molar refractivity (Wildman–Crippen MR) is 98.3 cm³/mol. The largest absolute Gasteiger partial charge is 0.437 e. The number of rotatable bonds is 5. The Morgan fingerprint density at radius 3 is 3.19 bits per heavy atom. The van der Waals surface area contributed by atoms with E-state index in [9.17, 15) is 4.79 Å². The Hall–Kier alpha value is -2.93. The van der Waals surface area contributed by atoms with Crippen LogP contribution in [0.5, 0.6) is 11.6 Å². The average molecular weight is 351 g/mol. The molecule has 0 saturated heterocycles. The fourth-order valence-electron chi connectivity index (χ4n) is 3.23. The third kappa shape index (κ3) is 3.01. The monoisotopic (exact) mass is 351 g/mol. The molecule has 0 bridgehead atoms. The molecular formula is C19H21N5O2. The van der Waals surface area contributed by atoms with E-state index in [-0.39, 0.29) is 11.9 Å². The number of benzene rings is 1. The predicted octanol–water partition coefficient (Wildman–Crippen LogP) is 2.84. The van der Waals surface area contributed by atoms with Crippen LogP contribution in [0.2, 0.25) is 0 Å². The molecule has 2 heterocycles. The van der Waals surface area contributed by atoms with Gasteiger partial charge in [-0.25, -0.2) is 9.97 Å². The van der Waals surface area contributed by atoms with Gasteiger partial charge in [0.25, 0.3) is 5.91 Å². The van der Waals surface area contributed by atoms with E-state index >= 15 is 0 Å². The first kappa shape index (κ1) is 16.5. The summed E-state index contributed by atoms with van der Waals surface area (Å²) in [6, 6.07) is 5.98. The Bertz CT molecular complexity index is 966. The van der Waals surface area contributed by atoms with Gasteiger partial charge in [-0.3, -0.25) is 4.79 Å². The lowest BCUT2D eigenvalue weighted by Crippen LogP contribution is -2.23. The number of hydrogen-bond donors (Lipinski definition) is 3. The molecule has 4 N–H and O–H groups in total. The maximum Gasteiger partial charge on any atom is 0.255 e. The number of nitrogens with two attached hydrogens (primary N) is 1. The van der Waals surface area contributed by atoms with Crippen molar-refractivity contribution in [3.63, 3.8) is 0 Å². The molecule has 7 nitrogen and oxygen atoms in total. The number of aryl methyl sites for hydroxylation is 1. The number of aromatic amines is 1. The minimum Gasteiger partial charge on any atom is -0.437 e. The van der Waals surface area contributed by atoms with E-state index in [0.29, 0.717) is 34.9 Å². The molecule has 0 radical (unpaired) electrons. The van der Waals surface area contributed by atoms with Gasteiger partial charge in [0.1, 0.15) is 11.3 Å². The number of amides is 1. The zero-order valence-corrected chi connectivity index (χ0v) is 14.6. The number of aromatic nitrogens is 3. The van der Waals surface area contributed by atoms with Gasteiger partial charge < -0.3 is 20.8 Å². The summed E-state index contributed by atoms with van der Waals surface area (Å²) in [5, 5.41) is 2.85. The van der Waals surface area contributed by atoms with E-state index in [0.717, 1.165) is 24.8 Å². The molecule has 1 amide bonds. The summed E-state index contributed by atoms with van der Waals surface area (Å²) in [4.78, 5) is 24.0. The van der Waals surface area contributed by atoms with E-state index < -0.39 is 0 Å². The summed E-state index contributed by atoms with van der Waals surface area (Å²) >= 11 is 0. The highest BCUT2D eigenvalue weighted by molar-refractivity contribution is 6.04. The molecule has 3 aromatic rings. The lowest BCUT2D eigenvalue weighted by Gasteiger charge is -2.09. The van der Waals surface area contributed by atoms with Gasteiger partial charge in [0.2, 0.25) is 5.88 Å². The number of nitrogens with one attached hydrogen (secondary N) is 2. The second-order valence-corrected chi connectivity index (χ2v) is 6.47. The molecule has 0 fully saturated rings. The minimum atomic E-state index is -0.173. The summed E-state index contributed by atoms with van der Waals surface area (Å²) in [6.07, 6.45) is 5.99. The molecule has 1 aromatic carbocycles. The topological polar surface area (TPSA) is 106 Å². The fourth-order valence-corrected chi connectivity index (χ4v) is 3.23. The molecule has 134 valence electrons. The smallest absolute Gasteiger partial charge is 0.255 e. The van der Waals surface area contributed by atoms with Crippen molar-refractivity contribution in [2.24, 2.45) is 5.73 Å². The van der Waals surface area contributed by atoms with Crippen LogP contribution in [0.4, 0.5) is 0 Å². The number of ether oxygens (including phenoxy) is 1. The van der Waals surface area contributed by atoms with Crippen LogP contribution in [0, 0.1) is 0 Å². The number of carbonyl (C=O) groups is 1. The zero-order valence-electron chi connectivity index (χ0n) is 14.6. The Morgan fingerprint density at radius 1 is 1.46 bits per heavy atom. The van der Waals surface area contributed by atoms with Gasteiger partial charge in [-0.2, -0.15) is 0 Å². The zero-order chi connectivity index (χ0) is 18.1. The molecular weight excluding hydrogens is 330 g/mol. The van der Waals surface area contributed by atoms with Crippen molar-refractivity contribution >= 4 is 17.1 Å². The third-order valence-electron chi connectivity index (χ3n) is 4.60. The summed E-state index contributed by atoms with van der Waals surface area (Å²) in [7, 11) is 0. The first-order chi connectivity index (χ1) is 12.7. The Kier molecular flexibility index (Phi) is 4.30. The van der Waals surface area contributed by atoms with Gasteiger partial charge in [-0.1, -0.05) is 13.0 Å². The van der Waals surface area contributed by atoms with Crippen LogP contribution < -0.4 is 15.8 Å².